The van der Waals surface area contributed by atoms with Crippen molar-refractivity contribution in [3.63, 3.8) is 0 Å². The minimum Gasteiger partial charge on any atom is -0.372 e. The van der Waals surface area contributed by atoms with E-state index >= 15 is 0 Å². The van der Waals surface area contributed by atoms with Crippen LogP contribution in [-0.2, 0) is 0 Å². The Bertz CT molecular complexity index is 844. The van der Waals surface area contributed by atoms with Crippen LogP contribution in [0.3, 0.4) is 0 Å². The van der Waals surface area contributed by atoms with Gasteiger partial charge in [-0.25, -0.2) is 0 Å². The van der Waals surface area contributed by atoms with Gasteiger partial charge in [0.05, 0.1) is 22.3 Å². The zero-order chi connectivity index (χ0) is 17.1. The predicted octanol–water partition coefficient (Wildman–Crippen LogP) is 6.43. The molecule has 2 aromatic rings. The maximum absolute atomic E-state index is 6.08. The number of aliphatic imine (C=N–C) groups is 1. The van der Waals surface area contributed by atoms with Gasteiger partial charge >= 0.3 is 0 Å². The van der Waals surface area contributed by atoms with Crippen LogP contribution in [0.15, 0.2) is 54.0 Å². The molecule has 0 amide bonds. The lowest BCUT2D eigenvalue weighted by Crippen LogP contribution is -2.20. The summed E-state index contributed by atoms with van der Waals surface area (Å²) in [5, 5.41) is 1.11. The largest absolute Gasteiger partial charge is 0.372 e. The van der Waals surface area contributed by atoms with Gasteiger partial charge in [0, 0.05) is 24.8 Å². The Kier molecular flexibility index (Phi) is 8.72. The zero-order valence-corrected chi connectivity index (χ0v) is 17.4. The lowest BCUT2D eigenvalue weighted by Gasteiger charge is -2.19. The number of fused-ring (bicyclic) bond motifs is 1. The summed E-state index contributed by atoms with van der Waals surface area (Å²) in [6.45, 7) is 5.50. The third-order valence-corrected chi connectivity index (χ3v) is 4.78. The second-order valence-corrected chi connectivity index (χ2v) is 6.49. The Morgan fingerprint density at radius 1 is 1.00 bits per heavy atom. The Hall–Kier alpha value is -1.45. The standard InChI is InChI=1S/C20H18Cl2N2.2ClH/c1-3-14-4-7-16-19(23-10-11-24(2)20(16)13-14)9-6-15-5-8-17(21)18(22)12-15;;/h3-9,12-13H,1,10-11H2,2H3;2*1H/b9-6+;;. The van der Waals surface area contributed by atoms with E-state index in [1.165, 1.54) is 5.69 Å². The summed E-state index contributed by atoms with van der Waals surface area (Å²) in [5.41, 5.74) is 5.36. The second-order valence-electron chi connectivity index (χ2n) is 5.68. The highest BCUT2D eigenvalue weighted by Crippen LogP contribution is 2.26. The van der Waals surface area contributed by atoms with Gasteiger partial charge in [-0.1, -0.05) is 60.1 Å². The smallest absolute Gasteiger partial charge is 0.0668 e. The minimum absolute atomic E-state index is 0. The molecule has 0 fully saturated rings. The van der Waals surface area contributed by atoms with Crippen molar-refractivity contribution in [2.75, 3.05) is 25.0 Å². The number of hydrogen-bond acceptors (Lipinski definition) is 2. The topological polar surface area (TPSA) is 15.6 Å². The van der Waals surface area contributed by atoms with Gasteiger partial charge in [-0.05, 0) is 35.4 Å². The van der Waals surface area contributed by atoms with Crippen molar-refractivity contribution in [2.45, 2.75) is 0 Å². The molecule has 0 saturated heterocycles. The van der Waals surface area contributed by atoms with E-state index in [1.807, 2.05) is 30.4 Å². The molecule has 0 aromatic heterocycles. The lowest BCUT2D eigenvalue weighted by molar-refractivity contribution is 0.896. The summed E-state index contributed by atoms with van der Waals surface area (Å²) in [4.78, 5) is 6.96. The third kappa shape index (κ3) is 5.05. The molecule has 6 heteroatoms. The summed E-state index contributed by atoms with van der Waals surface area (Å²) in [6, 6.07) is 11.9. The maximum Gasteiger partial charge on any atom is 0.0668 e. The molecule has 0 unspecified atom stereocenters. The van der Waals surface area contributed by atoms with Gasteiger partial charge in [-0.2, -0.15) is 0 Å². The van der Waals surface area contributed by atoms with E-state index < -0.39 is 0 Å². The average Bonchev–Trinajstić information content (AvgIpc) is 2.75. The molecule has 0 spiro atoms. The normalized spacial score (nSPS) is 13.2. The highest BCUT2D eigenvalue weighted by molar-refractivity contribution is 6.42. The van der Waals surface area contributed by atoms with Crippen molar-refractivity contribution in [3.8, 4) is 0 Å². The molecule has 3 rings (SSSR count). The molecule has 1 aliphatic heterocycles. The van der Waals surface area contributed by atoms with Crippen LogP contribution in [0.2, 0.25) is 10.0 Å². The summed E-state index contributed by atoms with van der Waals surface area (Å²) >= 11 is 12.1. The Morgan fingerprint density at radius 2 is 1.73 bits per heavy atom. The predicted molar refractivity (Wildman–Crippen MR) is 121 cm³/mol. The zero-order valence-electron chi connectivity index (χ0n) is 14.3. The first-order valence-corrected chi connectivity index (χ1v) is 8.49. The Balaban J connectivity index is 0.00000169. The van der Waals surface area contributed by atoms with Crippen molar-refractivity contribution in [1.82, 2.24) is 0 Å². The van der Waals surface area contributed by atoms with E-state index in [-0.39, 0.29) is 24.8 Å². The van der Waals surface area contributed by atoms with Crippen LogP contribution in [0.4, 0.5) is 5.69 Å². The molecule has 0 N–H and O–H groups in total. The third-order valence-electron chi connectivity index (χ3n) is 4.04. The van der Waals surface area contributed by atoms with Crippen LogP contribution >= 0.6 is 48.0 Å². The van der Waals surface area contributed by atoms with Gasteiger partial charge in [-0.3, -0.25) is 4.99 Å². The van der Waals surface area contributed by atoms with Gasteiger partial charge in [0.1, 0.15) is 0 Å². The molecule has 2 aromatic carbocycles. The highest BCUT2D eigenvalue weighted by atomic mass is 35.5. The van der Waals surface area contributed by atoms with Crippen molar-refractivity contribution >= 4 is 71.6 Å². The number of likely N-dealkylation sites (N-methyl/N-ethyl adjacent to an activating group) is 1. The summed E-state index contributed by atoms with van der Waals surface area (Å²) in [6.07, 6.45) is 5.91. The van der Waals surface area contributed by atoms with E-state index in [0.717, 1.165) is 35.5 Å². The number of benzene rings is 2. The van der Waals surface area contributed by atoms with Crippen LogP contribution in [-0.4, -0.2) is 25.8 Å². The first-order valence-electron chi connectivity index (χ1n) is 7.74. The van der Waals surface area contributed by atoms with E-state index in [4.69, 9.17) is 28.2 Å². The number of halogens is 4. The lowest BCUT2D eigenvalue weighted by atomic mass is 10.0. The van der Waals surface area contributed by atoms with Gasteiger partial charge in [-0.15, -0.1) is 24.8 Å². The molecule has 0 saturated carbocycles. The first kappa shape index (κ1) is 22.6. The molecular weight excluding hydrogens is 410 g/mol. The number of benzodiazepines with no additional fused rings is 1. The fourth-order valence-corrected chi connectivity index (χ4v) is 2.97. The second kappa shape index (κ2) is 10.0. The number of allylic oxidation sites excluding steroid dienone is 1. The maximum atomic E-state index is 6.08. The molecule has 0 aliphatic carbocycles. The summed E-state index contributed by atoms with van der Waals surface area (Å²) in [5.74, 6) is 0. The molecule has 0 bridgehead atoms. The highest BCUT2D eigenvalue weighted by Gasteiger charge is 2.14. The van der Waals surface area contributed by atoms with Gasteiger partial charge in [0.25, 0.3) is 0 Å². The fourth-order valence-electron chi connectivity index (χ4n) is 2.67. The van der Waals surface area contributed by atoms with Gasteiger partial charge < -0.3 is 4.90 Å². The first-order chi connectivity index (χ1) is 11.6. The van der Waals surface area contributed by atoms with E-state index in [2.05, 4.69) is 36.7 Å². The van der Waals surface area contributed by atoms with Crippen molar-refractivity contribution < 1.29 is 0 Å². The monoisotopic (exact) mass is 428 g/mol. The number of hydrogen-bond donors (Lipinski definition) is 0. The quantitative estimate of drug-likeness (QED) is 0.548. The SMILES string of the molecule is C=Cc1ccc2c(c1)N(C)CCN=C2/C=C/c1ccc(Cl)c(Cl)c1.Cl.Cl. The molecule has 1 heterocycles. The van der Waals surface area contributed by atoms with Crippen LogP contribution in [0.1, 0.15) is 16.7 Å². The van der Waals surface area contributed by atoms with Crippen molar-refractivity contribution in [3.05, 3.63) is 75.8 Å². The van der Waals surface area contributed by atoms with Gasteiger partial charge in [0.2, 0.25) is 0 Å². The molecule has 138 valence electrons. The molecular formula is C20H20Cl4N2. The summed E-state index contributed by atoms with van der Waals surface area (Å²) < 4.78 is 0. The van der Waals surface area contributed by atoms with Crippen molar-refractivity contribution in [2.24, 2.45) is 4.99 Å². The van der Waals surface area contributed by atoms with Crippen molar-refractivity contribution in [1.29, 1.82) is 0 Å². The minimum atomic E-state index is 0. The van der Waals surface area contributed by atoms with Crippen LogP contribution < -0.4 is 4.90 Å². The average molecular weight is 430 g/mol. The molecule has 0 radical (unpaired) electrons. The van der Waals surface area contributed by atoms with Gasteiger partial charge in [0.15, 0.2) is 0 Å². The van der Waals surface area contributed by atoms with E-state index in [1.54, 1.807) is 6.07 Å². The van der Waals surface area contributed by atoms with E-state index in [0.29, 0.717) is 10.0 Å². The Morgan fingerprint density at radius 3 is 2.42 bits per heavy atom. The molecule has 1 aliphatic rings. The van der Waals surface area contributed by atoms with Crippen LogP contribution in [0.25, 0.3) is 12.2 Å². The number of nitrogens with zero attached hydrogens (tertiary/aromatic N) is 2. The summed E-state index contributed by atoms with van der Waals surface area (Å²) in [7, 11) is 2.09. The van der Waals surface area contributed by atoms with Crippen LogP contribution in [0, 0.1) is 0 Å². The molecule has 0 atom stereocenters. The molecule has 2 nitrogen and oxygen atoms in total. The number of rotatable bonds is 3. The van der Waals surface area contributed by atoms with E-state index in [9.17, 15) is 0 Å². The number of anilines is 1. The molecule has 26 heavy (non-hydrogen) atoms. The fraction of sp³-hybridized carbons (Fsp3) is 0.150. The van der Waals surface area contributed by atoms with Crippen LogP contribution in [0.5, 0.6) is 0 Å². The Labute approximate surface area is 177 Å².